The van der Waals surface area contributed by atoms with Crippen LogP contribution in [0.2, 0.25) is 0 Å². The van der Waals surface area contributed by atoms with Crippen molar-refractivity contribution in [3.8, 4) is 11.1 Å². The average Bonchev–Trinajstić information content (AvgIpc) is 3.71. The van der Waals surface area contributed by atoms with Gasteiger partial charge in [-0.2, -0.15) is 0 Å². The maximum atomic E-state index is 6.52. The zero-order valence-electron chi connectivity index (χ0n) is 28.6. The van der Waals surface area contributed by atoms with E-state index in [0.29, 0.717) is 12.3 Å². The molecule has 0 aliphatic carbocycles. The largest absolute Gasteiger partial charge is 0.456 e. The number of hydrogen-bond donors (Lipinski definition) is 0. The monoisotopic (exact) mass is 694 g/mol. The number of rotatable bonds is 4. The summed E-state index contributed by atoms with van der Waals surface area (Å²) >= 11 is 1.83. The van der Waals surface area contributed by atoms with E-state index in [-0.39, 0.29) is 0 Å². The van der Waals surface area contributed by atoms with E-state index >= 15 is 0 Å². The fourth-order valence-corrected chi connectivity index (χ4v) is 9.20. The van der Waals surface area contributed by atoms with Gasteiger partial charge in [0, 0.05) is 48.5 Å². The molecule has 8 aromatic carbocycles. The maximum absolute atomic E-state index is 6.52. The molecule has 1 aliphatic heterocycles. The molecule has 248 valence electrons. The van der Waals surface area contributed by atoms with Crippen LogP contribution < -0.4 is 0 Å². The average molecular weight is 695 g/mol. The minimum atomic E-state index is 0.634. The lowest BCUT2D eigenvalue weighted by Crippen LogP contribution is -2.07. The molecule has 1 aliphatic rings. The van der Waals surface area contributed by atoms with Gasteiger partial charge in [0.05, 0.1) is 11.4 Å². The fraction of sp³-hybridized carbons (Fsp3) is 0.0204. The molecule has 0 saturated heterocycles. The molecular formula is C49H30N2OS. The van der Waals surface area contributed by atoms with Crippen molar-refractivity contribution in [3.63, 3.8) is 0 Å². The van der Waals surface area contributed by atoms with E-state index in [9.17, 15) is 0 Å². The smallest absolute Gasteiger partial charge is 0.161 e. The molecule has 0 fully saturated rings. The number of benzene rings is 8. The first-order valence-corrected chi connectivity index (χ1v) is 18.8. The van der Waals surface area contributed by atoms with Gasteiger partial charge in [0.2, 0.25) is 0 Å². The number of nitrogens with zero attached hydrogens (tertiary/aromatic N) is 2. The second-order valence-corrected chi connectivity index (χ2v) is 14.7. The predicted octanol–water partition coefficient (Wildman–Crippen LogP) is 13.6. The van der Waals surface area contributed by atoms with Crippen molar-refractivity contribution in [2.24, 2.45) is 9.98 Å². The number of aliphatic imine (C=N–C) groups is 2. The van der Waals surface area contributed by atoms with Crippen LogP contribution in [0.1, 0.15) is 23.1 Å². The Hall–Kier alpha value is -6.62. The third-order valence-electron chi connectivity index (χ3n) is 10.5. The minimum Gasteiger partial charge on any atom is -0.456 e. The zero-order valence-corrected chi connectivity index (χ0v) is 29.4. The van der Waals surface area contributed by atoms with Crippen LogP contribution in [0.25, 0.3) is 80.5 Å². The number of para-hydroxylation sites is 1. The van der Waals surface area contributed by atoms with Crippen LogP contribution in [0.4, 0.5) is 0 Å². The molecular weight excluding hydrogens is 665 g/mol. The molecule has 3 nitrogen and oxygen atoms in total. The second-order valence-electron chi connectivity index (χ2n) is 13.7. The Labute approximate surface area is 309 Å². The molecule has 0 amide bonds. The summed E-state index contributed by atoms with van der Waals surface area (Å²) in [5.41, 5.74) is 8.91. The number of amidine groups is 1. The van der Waals surface area contributed by atoms with Crippen molar-refractivity contribution in [2.75, 3.05) is 0 Å². The molecule has 0 radical (unpaired) electrons. The molecule has 2 aromatic heterocycles. The summed E-state index contributed by atoms with van der Waals surface area (Å²) in [6.45, 7) is 0. The molecule has 53 heavy (non-hydrogen) atoms. The first kappa shape index (κ1) is 30.0. The van der Waals surface area contributed by atoms with Crippen LogP contribution in [0.15, 0.2) is 184 Å². The molecule has 0 unspecified atom stereocenters. The summed E-state index contributed by atoms with van der Waals surface area (Å²) in [7, 11) is 0. The Morgan fingerprint density at radius 3 is 2.00 bits per heavy atom. The van der Waals surface area contributed by atoms with Gasteiger partial charge < -0.3 is 4.42 Å². The quantitative estimate of drug-likeness (QED) is 0.181. The number of fused-ring (bicyclic) bond motifs is 8. The number of thiophene rings is 1. The van der Waals surface area contributed by atoms with Crippen LogP contribution >= 0.6 is 11.3 Å². The van der Waals surface area contributed by atoms with E-state index < -0.39 is 0 Å². The van der Waals surface area contributed by atoms with Crippen molar-refractivity contribution in [1.29, 1.82) is 0 Å². The summed E-state index contributed by atoms with van der Waals surface area (Å²) in [6, 6.07) is 58.2. The van der Waals surface area contributed by atoms with Gasteiger partial charge in [-0.1, -0.05) is 133 Å². The first-order chi connectivity index (χ1) is 26.2. The van der Waals surface area contributed by atoms with Crippen molar-refractivity contribution >= 4 is 92.2 Å². The lowest BCUT2D eigenvalue weighted by Gasteiger charge is -2.14. The van der Waals surface area contributed by atoms with Crippen molar-refractivity contribution in [3.05, 3.63) is 187 Å². The highest BCUT2D eigenvalue weighted by Gasteiger charge is 2.24. The van der Waals surface area contributed by atoms with Crippen LogP contribution in [0.5, 0.6) is 0 Å². The fourth-order valence-electron chi connectivity index (χ4n) is 7.98. The van der Waals surface area contributed by atoms with Crippen molar-refractivity contribution in [2.45, 2.75) is 6.42 Å². The van der Waals surface area contributed by atoms with E-state index in [0.717, 1.165) is 61.2 Å². The summed E-state index contributed by atoms with van der Waals surface area (Å²) in [4.78, 5) is 11.2. The minimum absolute atomic E-state index is 0.634. The molecule has 0 atom stereocenters. The topological polar surface area (TPSA) is 37.9 Å². The van der Waals surface area contributed by atoms with Gasteiger partial charge in [0.1, 0.15) is 11.2 Å². The summed E-state index contributed by atoms with van der Waals surface area (Å²) in [5, 5.41) is 9.38. The Morgan fingerprint density at radius 2 is 1.17 bits per heavy atom. The van der Waals surface area contributed by atoms with Gasteiger partial charge in [-0.3, -0.25) is 0 Å². The summed E-state index contributed by atoms with van der Waals surface area (Å²) < 4.78 is 9.03. The Bertz CT molecular complexity index is 3210. The Kier molecular flexibility index (Phi) is 6.79. The van der Waals surface area contributed by atoms with E-state index in [2.05, 4.69) is 158 Å². The van der Waals surface area contributed by atoms with E-state index in [1.54, 1.807) is 0 Å². The van der Waals surface area contributed by atoms with Gasteiger partial charge in [-0.25, -0.2) is 9.98 Å². The first-order valence-electron chi connectivity index (χ1n) is 18.0. The Balaban J connectivity index is 1.22. The Morgan fingerprint density at radius 1 is 0.491 bits per heavy atom. The van der Waals surface area contributed by atoms with Gasteiger partial charge in [0.15, 0.2) is 5.84 Å². The predicted molar refractivity (Wildman–Crippen MR) is 226 cm³/mol. The van der Waals surface area contributed by atoms with Gasteiger partial charge in [-0.15, -0.1) is 11.3 Å². The van der Waals surface area contributed by atoms with Crippen molar-refractivity contribution < 1.29 is 4.42 Å². The van der Waals surface area contributed by atoms with Crippen LogP contribution in [-0.2, 0) is 0 Å². The SMILES string of the molecule is C1=C(c2cccc3c2sc2ccccc23)N=C(c2c(-c3ccc4ccccc4c3)ccc3oc4ccccc4c23)N=C(c2ccc3ccccc3c2)C1. The van der Waals surface area contributed by atoms with Crippen LogP contribution in [-0.4, -0.2) is 11.5 Å². The number of hydrogen-bond acceptors (Lipinski definition) is 4. The summed E-state index contributed by atoms with van der Waals surface area (Å²) in [5.74, 6) is 0.676. The highest BCUT2D eigenvalue weighted by molar-refractivity contribution is 7.26. The normalized spacial score (nSPS) is 13.5. The van der Waals surface area contributed by atoms with E-state index in [1.807, 2.05) is 23.5 Å². The number of furan rings is 1. The lowest BCUT2D eigenvalue weighted by molar-refractivity contribution is 0.669. The molecule has 4 heteroatoms. The second kappa shape index (κ2) is 12.0. The highest BCUT2D eigenvalue weighted by Crippen LogP contribution is 2.42. The van der Waals surface area contributed by atoms with Gasteiger partial charge in [0.25, 0.3) is 0 Å². The maximum Gasteiger partial charge on any atom is 0.161 e. The standard InChI is InChI=1S/C49H30N2OS/c1-3-12-32-28-34(22-20-30(32)10-1)36-24-27-44-46(40-15-5-7-18-43(40)52-44)47(36)49-50-41(35-23-21-31-11-2-4-13-33(31)29-35)25-26-42(51-49)39-17-9-16-38-37-14-6-8-19-45(37)53-48(38)39/h1-24,26-29H,25H2. The highest BCUT2D eigenvalue weighted by atomic mass is 32.1. The summed E-state index contributed by atoms with van der Waals surface area (Å²) in [6.07, 6.45) is 2.90. The van der Waals surface area contributed by atoms with E-state index in [4.69, 9.17) is 14.4 Å². The molecule has 0 spiro atoms. The molecule has 0 bridgehead atoms. The van der Waals surface area contributed by atoms with Gasteiger partial charge >= 0.3 is 0 Å². The molecule has 0 saturated carbocycles. The van der Waals surface area contributed by atoms with Crippen LogP contribution in [0.3, 0.4) is 0 Å². The van der Waals surface area contributed by atoms with Crippen molar-refractivity contribution in [1.82, 2.24) is 0 Å². The third kappa shape index (κ3) is 4.95. The van der Waals surface area contributed by atoms with Gasteiger partial charge in [-0.05, 0) is 74.6 Å². The van der Waals surface area contributed by atoms with Crippen LogP contribution in [0, 0.1) is 0 Å². The molecule has 0 N–H and O–H groups in total. The molecule has 10 aromatic rings. The zero-order chi connectivity index (χ0) is 34.9. The third-order valence-corrected chi connectivity index (χ3v) is 11.8. The van der Waals surface area contributed by atoms with E-state index in [1.165, 1.54) is 41.7 Å². The number of allylic oxidation sites excluding steroid dienone is 1. The molecule has 3 heterocycles. The molecule has 11 rings (SSSR count). The lowest BCUT2D eigenvalue weighted by atomic mass is 9.93.